The number of hydrogen-bond donors (Lipinski definition) is 2. The molecule has 0 bridgehead atoms. The number of benzene rings is 3. The smallest absolute Gasteiger partial charge is 0.214 e. The number of nitrogens with zero attached hydrogens (tertiary/aromatic N) is 2. The Kier molecular flexibility index (Phi) is 6.92. The summed E-state index contributed by atoms with van der Waals surface area (Å²) >= 11 is 9.07. The van der Waals surface area contributed by atoms with Crippen LogP contribution in [-0.4, -0.2) is 22.0 Å². The van der Waals surface area contributed by atoms with E-state index in [1.165, 1.54) is 5.56 Å². The van der Waals surface area contributed by atoms with Gasteiger partial charge in [0.1, 0.15) is 6.61 Å². The highest BCUT2D eigenvalue weighted by Gasteiger charge is 2.13. The summed E-state index contributed by atoms with van der Waals surface area (Å²) < 4.78 is 14.8. The maximum absolute atomic E-state index is 6.04. The summed E-state index contributed by atoms with van der Waals surface area (Å²) in [6.07, 6.45) is 0. The summed E-state index contributed by atoms with van der Waals surface area (Å²) in [5.74, 6) is 2.06. The zero-order valence-corrected chi connectivity index (χ0v) is 20.2. The van der Waals surface area contributed by atoms with Gasteiger partial charge in [0.2, 0.25) is 4.77 Å². The van der Waals surface area contributed by atoms with E-state index in [0.29, 0.717) is 29.4 Å². The van der Waals surface area contributed by atoms with Crippen LogP contribution < -0.4 is 14.9 Å². The van der Waals surface area contributed by atoms with Gasteiger partial charge in [-0.1, -0.05) is 76.1 Å². The molecule has 0 atom stereocenters. The number of methoxy groups -OCH3 is 1. The molecule has 0 aliphatic carbocycles. The summed E-state index contributed by atoms with van der Waals surface area (Å²) in [4.78, 5) is 0. The van der Waals surface area contributed by atoms with E-state index in [0.717, 1.165) is 27.0 Å². The molecule has 0 aliphatic heterocycles. The molecule has 32 heavy (non-hydrogen) atoms. The number of rotatable bonds is 8. The molecule has 4 rings (SSSR count). The highest BCUT2D eigenvalue weighted by molar-refractivity contribution is 9.10. The summed E-state index contributed by atoms with van der Waals surface area (Å²) in [5, 5.41) is 7.21. The maximum atomic E-state index is 6.04. The van der Waals surface area contributed by atoms with Gasteiger partial charge >= 0.3 is 0 Å². The van der Waals surface area contributed by atoms with Crippen LogP contribution in [0.25, 0.3) is 11.4 Å². The minimum atomic E-state index is 0.465. The van der Waals surface area contributed by atoms with Gasteiger partial charge in [0.25, 0.3) is 0 Å². The van der Waals surface area contributed by atoms with E-state index in [4.69, 9.17) is 21.7 Å². The SMILES string of the molecule is COc1cc(CNn2c(-c3ccccc3)n[nH]c2=S)c(Br)cc1OCc1cccc(C)c1. The lowest BCUT2D eigenvalue weighted by Crippen LogP contribution is -2.16. The van der Waals surface area contributed by atoms with E-state index in [1.54, 1.807) is 11.8 Å². The van der Waals surface area contributed by atoms with Crippen LogP contribution in [0.5, 0.6) is 11.5 Å². The predicted octanol–water partition coefficient (Wildman–Crippen LogP) is 6.01. The lowest BCUT2D eigenvalue weighted by Gasteiger charge is -2.16. The van der Waals surface area contributed by atoms with Crippen molar-refractivity contribution in [1.29, 1.82) is 0 Å². The fourth-order valence-corrected chi connectivity index (χ4v) is 4.00. The Balaban J connectivity index is 1.52. The lowest BCUT2D eigenvalue weighted by atomic mass is 10.1. The molecule has 0 saturated carbocycles. The monoisotopic (exact) mass is 510 g/mol. The van der Waals surface area contributed by atoms with Gasteiger partial charge in [-0.05, 0) is 42.4 Å². The zero-order chi connectivity index (χ0) is 22.5. The number of halogens is 1. The van der Waals surface area contributed by atoms with Crippen molar-refractivity contribution in [2.24, 2.45) is 0 Å². The van der Waals surface area contributed by atoms with Crippen molar-refractivity contribution in [1.82, 2.24) is 14.9 Å². The van der Waals surface area contributed by atoms with Gasteiger partial charge in [-0.2, -0.15) is 5.10 Å². The number of nitrogens with one attached hydrogen (secondary N) is 2. The van der Waals surface area contributed by atoms with Crippen LogP contribution in [0.4, 0.5) is 0 Å². The van der Waals surface area contributed by atoms with Crippen molar-refractivity contribution in [2.45, 2.75) is 20.1 Å². The molecule has 0 amide bonds. The molecule has 0 unspecified atom stereocenters. The quantitative estimate of drug-likeness (QED) is 0.284. The third-order valence-corrected chi connectivity index (χ3v) is 5.95. The second-order valence-corrected chi connectivity index (χ2v) is 8.50. The van der Waals surface area contributed by atoms with Gasteiger partial charge in [0, 0.05) is 10.0 Å². The van der Waals surface area contributed by atoms with Crippen LogP contribution in [-0.2, 0) is 13.2 Å². The third-order valence-electron chi connectivity index (χ3n) is 4.94. The summed E-state index contributed by atoms with van der Waals surface area (Å²) in [6.45, 7) is 3.04. The van der Waals surface area contributed by atoms with Crippen molar-refractivity contribution in [3.8, 4) is 22.9 Å². The van der Waals surface area contributed by atoms with Gasteiger partial charge in [0.15, 0.2) is 17.3 Å². The number of aromatic amines is 1. The molecule has 0 fully saturated rings. The van der Waals surface area contributed by atoms with Crippen LogP contribution >= 0.6 is 28.1 Å². The normalized spacial score (nSPS) is 10.7. The van der Waals surface area contributed by atoms with Gasteiger partial charge in [-0.25, -0.2) is 9.77 Å². The number of aromatic nitrogens is 3. The Morgan fingerprint density at radius 2 is 1.88 bits per heavy atom. The van der Waals surface area contributed by atoms with Crippen molar-refractivity contribution in [2.75, 3.05) is 12.5 Å². The molecule has 6 nitrogen and oxygen atoms in total. The molecule has 1 heterocycles. The fourth-order valence-electron chi connectivity index (χ4n) is 3.34. The van der Waals surface area contributed by atoms with Crippen LogP contribution in [0.3, 0.4) is 0 Å². The first-order chi connectivity index (χ1) is 15.5. The minimum Gasteiger partial charge on any atom is -0.493 e. The van der Waals surface area contributed by atoms with E-state index >= 15 is 0 Å². The molecule has 4 aromatic rings. The summed E-state index contributed by atoms with van der Waals surface area (Å²) in [5.41, 5.74) is 7.61. The molecule has 0 aliphatic rings. The van der Waals surface area contributed by atoms with Gasteiger partial charge < -0.3 is 14.9 Å². The van der Waals surface area contributed by atoms with Gasteiger partial charge in [-0.15, -0.1) is 0 Å². The van der Waals surface area contributed by atoms with Crippen LogP contribution in [0, 0.1) is 11.7 Å². The molecular formula is C24H23BrN4O2S. The lowest BCUT2D eigenvalue weighted by molar-refractivity contribution is 0.284. The minimum absolute atomic E-state index is 0.465. The topological polar surface area (TPSA) is 64.1 Å². The average Bonchev–Trinajstić information content (AvgIpc) is 3.18. The van der Waals surface area contributed by atoms with Crippen molar-refractivity contribution in [3.05, 3.63) is 92.7 Å². The predicted molar refractivity (Wildman–Crippen MR) is 132 cm³/mol. The first-order valence-electron chi connectivity index (χ1n) is 10.1. The molecule has 0 saturated heterocycles. The summed E-state index contributed by atoms with van der Waals surface area (Å²) in [7, 11) is 1.64. The third kappa shape index (κ3) is 5.03. The van der Waals surface area contributed by atoms with E-state index in [2.05, 4.69) is 50.6 Å². The average molecular weight is 511 g/mol. The molecule has 0 radical (unpaired) electrons. The molecule has 164 valence electrons. The first kappa shape index (κ1) is 22.1. The van der Waals surface area contributed by atoms with Crippen molar-refractivity contribution >= 4 is 28.1 Å². The Morgan fingerprint density at radius 1 is 1.06 bits per heavy atom. The number of aryl methyl sites for hydroxylation is 1. The molecule has 0 spiro atoms. The molecule has 3 aromatic carbocycles. The number of hydrogen-bond acceptors (Lipinski definition) is 5. The molecule has 2 N–H and O–H groups in total. The van der Waals surface area contributed by atoms with Crippen LogP contribution in [0.15, 0.2) is 71.2 Å². The molecular weight excluding hydrogens is 488 g/mol. The second-order valence-electron chi connectivity index (χ2n) is 7.26. The van der Waals surface area contributed by atoms with Crippen LogP contribution in [0.2, 0.25) is 0 Å². The van der Waals surface area contributed by atoms with E-state index in [1.807, 2.05) is 54.6 Å². The molecule has 1 aromatic heterocycles. The zero-order valence-electron chi connectivity index (χ0n) is 17.8. The first-order valence-corrected chi connectivity index (χ1v) is 11.3. The molecule has 8 heteroatoms. The van der Waals surface area contributed by atoms with Crippen molar-refractivity contribution < 1.29 is 9.47 Å². The Labute approximate surface area is 200 Å². The highest BCUT2D eigenvalue weighted by atomic mass is 79.9. The standard InChI is InChI=1S/C24H23BrN4O2S/c1-16-7-6-8-17(11-16)15-31-22-13-20(25)19(12-21(22)30-2)14-26-29-23(27-28-24(29)32)18-9-4-3-5-10-18/h3-13,26H,14-15H2,1-2H3,(H,28,32). The highest BCUT2D eigenvalue weighted by Crippen LogP contribution is 2.34. The Bertz CT molecular complexity index is 1270. The van der Waals surface area contributed by atoms with E-state index < -0.39 is 0 Å². The van der Waals surface area contributed by atoms with Crippen LogP contribution in [0.1, 0.15) is 16.7 Å². The Morgan fingerprint density at radius 3 is 2.62 bits per heavy atom. The van der Waals surface area contributed by atoms with Crippen molar-refractivity contribution in [3.63, 3.8) is 0 Å². The van der Waals surface area contributed by atoms with Gasteiger partial charge in [-0.3, -0.25) is 0 Å². The van der Waals surface area contributed by atoms with Gasteiger partial charge in [0.05, 0.1) is 13.7 Å². The Hall–Kier alpha value is -3.10. The largest absolute Gasteiger partial charge is 0.493 e. The fraction of sp³-hybridized carbons (Fsp3) is 0.167. The van der Waals surface area contributed by atoms with E-state index in [-0.39, 0.29) is 0 Å². The summed E-state index contributed by atoms with van der Waals surface area (Å²) in [6, 6.07) is 22.0. The second kappa shape index (κ2) is 10.0. The number of H-pyrrole nitrogens is 1. The van der Waals surface area contributed by atoms with E-state index in [9.17, 15) is 0 Å². The number of ether oxygens (including phenoxy) is 2. The maximum Gasteiger partial charge on any atom is 0.214 e.